The van der Waals surface area contributed by atoms with Crippen molar-refractivity contribution >= 4 is 0 Å². The first-order valence-corrected chi connectivity index (χ1v) is 7.82. The highest BCUT2D eigenvalue weighted by molar-refractivity contribution is 5.35. The SMILES string of the molecule is OCCCN(Cc1ccc2c(c1)CCC2)C1CCC1. The lowest BCUT2D eigenvalue weighted by atomic mass is 9.91. The second-order valence-electron chi connectivity index (χ2n) is 6.09. The van der Waals surface area contributed by atoms with Gasteiger partial charge in [0.05, 0.1) is 0 Å². The van der Waals surface area contributed by atoms with Crippen molar-refractivity contribution in [3.05, 3.63) is 34.9 Å². The van der Waals surface area contributed by atoms with Crippen LogP contribution in [0.4, 0.5) is 0 Å². The number of hydrogen-bond acceptors (Lipinski definition) is 2. The average Bonchev–Trinajstić information content (AvgIpc) is 2.81. The van der Waals surface area contributed by atoms with Gasteiger partial charge in [-0.1, -0.05) is 24.6 Å². The van der Waals surface area contributed by atoms with Crippen LogP contribution in [0.15, 0.2) is 18.2 Å². The van der Waals surface area contributed by atoms with Crippen LogP contribution < -0.4 is 0 Å². The van der Waals surface area contributed by atoms with E-state index >= 15 is 0 Å². The number of aryl methyl sites for hydroxylation is 2. The Bertz CT molecular complexity index is 425. The molecule has 2 heteroatoms. The van der Waals surface area contributed by atoms with Gasteiger partial charge in [0.25, 0.3) is 0 Å². The molecule has 0 unspecified atom stereocenters. The minimum absolute atomic E-state index is 0.313. The van der Waals surface area contributed by atoms with Gasteiger partial charge in [0, 0.05) is 25.7 Å². The second kappa shape index (κ2) is 6.06. The molecule has 2 aliphatic rings. The zero-order valence-electron chi connectivity index (χ0n) is 11.8. The van der Waals surface area contributed by atoms with Crippen molar-refractivity contribution in [1.29, 1.82) is 0 Å². The molecular weight excluding hydrogens is 234 g/mol. The Morgan fingerprint density at radius 3 is 2.68 bits per heavy atom. The molecule has 0 radical (unpaired) electrons. The number of rotatable bonds is 6. The van der Waals surface area contributed by atoms with E-state index in [0.29, 0.717) is 6.61 Å². The summed E-state index contributed by atoms with van der Waals surface area (Å²) in [7, 11) is 0. The number of fused-ring (bicyclic) bond motifs is 1. The monoisotopic (exact) mass is 259 g/mol. The molecule has 0 spiro atoms. The van der Waals surface area contributed by atoms with Gasteiger partial charge in [-0.25, -0.2) is 0 Å². The fourth-order valence-corrected chi connectivity index (χ4v) is 3.37. The van der Waals surface area contributed by atoms with Crippen molar-refractivity contribution in [1.82, 2.24) is 4.90 Å². The molecule has 0 heterocycles. The van der Waals surface area contributed by atoms with Crippen LogP contribution in [0.2, 0.25) is 0 Å². The van der Waals surface area contributed by atoms with Gasteiger partial charge >= 0.3 is 0 Å². The zero-order chi connectivity index (χ0) is 13.1. The molecule has 1 aromatic carbocycles. The van der Waals surface area contributed by atoms with Crippen LogP contribution >= 0.6 is 0 Å². The van der Waals surface area contributed by atoms with Gasteiger partial charge < -0.3 is 5.11 Å². The van der Waals surface area contributed by atoms with Crippen molar-refractivity contribution in [3.63, 3.8) is 0 Å². The Morgan fingerprint density at radius 2 is 1.95 bits per heavy atom. The first-order valence-electron chi connectivity index (χ1n) is 7.82. The van der Waals surface area contributed by atoms with Crippen molar-refractivity contribution in [2.75, 3.05) is 13.2 Å². The van der Waals surface area contributed by atoms with Crippen LogP contribution in [0.25, 0.3) is 0 Å². The number of benzene rings is 1. The van der Waals surface area contributed by atoms with E-state index in [1.807, 2.05) is 0 Å². The minimum Gasteiger partial charge on any atom is -0.396 e. The molecule has 0 amide bonds. The lowest BCUT2D eigenvalue weighted by Crippen LogP contribution is -2.40. The van der Waals surface area contributed by atoms with E-state index in [4.69, 9.17) is 5.11 Å². The normalized spacial score (nSPS) is 18.6. The molecule has 0 saturated heterocycles. The molecule has 2 aliphatic carbocycles. The lowest BCUT2D eigenvalue weighted by Gasteiger charge is -2.37. The first-order chi connectivity index (χ1) is 9.36. The maximum atomic E-state index is 9.05. The minimum atomic E-state index is 0.313. The molecule has 0 bridgehead atoms. The average molecular weight is 259 g/mol. The van der Waals surface area contributed by atoms with Crippen molar-refractivity contribution in [2.45, 2.75) is 57.5 Å². The van der Waals surface area contributed by atoms with Gasteiger partial charge in [-0.15, -0.1) is 0 Å². The molecule has 1 fully saturated rings. The van der Waals surface area contributed by atoms with Crippen molar-refractivity contribution in [3.8, 4) is 0 Å². The van der Waals surface area contributed by atoms with Gasteiger partial charge in [0.2, 0.25) is 0 Å². The number of hydrogen-bond donors (Lipinski definition) is 1. The third kappa shape index (κ3) is 3.01. The van der Waals surface area contributed by atoms with Gasteiger partial charge in [0.15, 0.2) is 0 Å². The van der Waals surface area contributed by atoms with Gasteiger partial charge in [-0.2, -0.15) is 0 Å². The fraction of sp³-hybridized carbons (Fsp3) is 0.647. The summed E-state index contributed by atoms with van der Waals surface area (Å²) in [6.45, 7) is 2.42. The number of aliphatic hydroxyl groups excluding tert-OH is 1. The van der Waals surface area contributed by atoms with E-state index in [-0.39, 0.29) is 0 Å². The van der Waals surface area contributed by atoms with Crippen molar-refractivity contribution in [2.24, 2.45) is 0 Å². The summed E-state index contributed by atoms with van der Waals surface area (Å²) >= 11 is 0. The third-order valence-electron chi connectivity index (χ3n) is 4.74. The Labute approximate surface area is 116 Å². The highest BCUT2D eigenvalue weighted by Crippen LogP contribution is 2.28. The summed E-state index contributed by atoms with van der Waals surface area (Å²) in [4.78, 5) is 2.58. The van der Waals surface area contributed by atoms with E-state index in [9.17, 15) is 0 Å². The van der Waals surface area contributed by atoms with Crippen LogP contribution in [-0.4, -0.2) is 29.2 Å². The molecule has 2 nitrogen and oxygen atoms in total. The molecule has 1 N–H and O–H groups in total. The van der Waals surface area contributed by atoms with Crippen molar-refractivity contribution < 1.29 is 5.11 Å². The van der Waals surface area contributed by atoms with Crippen LogP contribution in [0.3, 0.4) is 0 Å². The summed E-state index contributed by atoms with van der Waals surface area (Å²) in [6, 6.07) is 7.84. The van der Waals surface area contributed by atoms with E-state index in [2.05, 4.69) is 23.1 Å². The quantitative estimate of drug-likeness (QED) is 0.849. The van der Waals surface area contributed by atoms with Crippen LogP contribution in [0, 0.1) is 0 Å². The highest BCUT2D eigenvalue weighted by Gasteiger charge is 2.24. The molecular formula is C17H25NO. The van der Waals surface area contributed by atoms with Gasteiger partial charge in [-0.3, -0.25) is 4.90 Å². The molecule has 104 valence electrons. The Balaban J connectivity index is 1.66. The summed E-state index contributed by atoms with van der Waals surface area (Å²) in [6.07, 6.45) is 8.84. The van der Waals surface area contributed by atoms with Crippen LogP contribution in [0.5, 0.6) is 0 Å². The topological polar surface area (TPSA) is 23.5 Å². The predicted octanol–water partition coefficient (Wildman–Crippen LogP) is 2.91. The Hall–Kier alpha value is -0.860. The van der Waals surface area contributed by atoms with E-state index in [1.165, 1.54) is 44.1 Å². The van der Waals surface area contributed by atoms with E-state index < -0.39 is 0 Å². The Morgan fingerprint density at radius 1 is 1.11 bits per heavy atom. The fourth-order valence-electron chi connectivity index (χ4n) is 3.37. The number of nitrogens with zero attached hydrogens (tertiary/aromatic N) is 1. The van der Waals surface area contributed by atoms with E-state index in [0.717, 1.165) is 25.6 Å². The summed E-state index contributed by atoms with van der Waals surface area (Å²) in [5, 5.41) is 9.05. The van der Waals surface area contributed by atoms with Crippen LogP contribution in [-0.2, 0) is 19.4 Å². The van der Waals surface area contributed by atoms with Gasteiger partial charge in [-0.05, 0) is 55.2 Å². The predicted molar refractivity (Wildman–Crippen MR) is 78.2 cm³/mol. The van der Waals surface area contributed by atoms with Crippen LogP contribution in [0.1, 0.15) is 48.8 Å². The molecule has 0 aromatic heterocycles. The first kappa shape index (κ1) is 13.1. The molecule has 19 heavy (non-hydrogen) atoms. The van der Waals surface area contributed by atoms with E-state index in [1.54, 1.807) is 11.1 Å². The summed E-state index contributed by atoms with van der Waals surface area (Å²) in [5.74, 6) is 0. The maximum Gasteiger partial charge on any atom is 0.0443 e. The molecule has 1 saturated carbocycles. The zero-order valence-corrected chi connectivity index (χ0v) is 11.8. The summed E-state index contributed by atoms with van der Waals surface area (Å²) < 4.78 is 0. The second-order valence-corrected chi connectivity index (χ2v) is 6.09. The highest BCUT2D eigenvalue weighted by atomic mass is 16.3. The summed E-state index contributed by atoms with van der Waals surface area (Å²) in [5.41, 5.74) is 4.60. The number of aliphatic hydroxyl groups is 1. The molecule has 1 aromatic rings. The largest absolute Gasteiger partial charge is 0.396 e. The maximum absolute atomic E-state index is 9.05. The standard InChI is InChI=1S/C17H25NO/c19-11-3-10-18(17-6-2-7-17)13-14-8-9-15-4-1-5-16(15)12-14/h8-9,12,17,19H,1-7,10-11,13H2. The molecule has 0 aliphatic heterocycles. The lowest BCUT2D eigenvalue weighted by molar-refractivity contribution is 0.109. The van der Waals surface area contributed by atoms with Gasteiger partial charge in [0.1, 0.15) is 0 Å². The smallest absolute Gasteiger partial charge is 0.0443 e. The Kier molecular flexibility index (Phi) is 4.19. The third-order valence-corrected chi connectivity index (χ3v) is 4.74. The molecule has 0 atom stereocenters. The molecule has 3 rings (SSSR count).